The minimum absolute atomic E-state index is 0.180. The van der Waals surface area contributed by atoms with E-state index in [1.54, 1.807) is 16.2 Å². The number of thiophene rings is 1. The van der Waals surface area contributed by atoms with Crippen LogP contribution in [0.5, 0.6) is 0 Å². The molecule has 1 fully saturated rings. The molecule has 0 aliphatic carbocycles. The number of carbonyl (C=O) groups excluding carboxylic acids is 1. The Labute approximate surface area is 258 Å². The quantitative estimate of drug-likeness (QED) is 0.292. The number of nitrogens with one attached hydrogen (secondary N) is 1. The molecule has 3 aliphatic rings. The summed E-state index contributed by atoms with van der Waals surface area (Å²) in [7, 11) is 0. The maximum Gasteiger partial charge on any atom is 0.410 e. The molecular weight excluding hydrogens is 587 g/mol. The van der Waals surface area contributed by atoms with Crippen molar-refractivity contribution >= 4 is 28.8 Å². The summed E-state index contributed by atoms with van der Waals surface area (Å²) in [5.41, 5.74) is 2.72. The third-order valence-corrected chi connectivity index (χ3v) is 9.00. The first kappa shape index (κ1) is 29.9. The van der Waals surface area contributed by atoms with E-state index in [2.05, 4.69) is 20.4 Å². The van der Waals surface area contributed by atoms with Crippen LogP contribution < -0.4 is 10.2 Å². The van der Waals surface area contributed by atoms with Gasteiger partial charge in [-0.2, -0.15) is 5.11 Å². The Kier molecular flexibility index (Phi) is 8.00. The molecule has 2 atom stereocenters. The first-order valence-corrected chi connectivity index (χ1v) is 15.6. The van der Waals surface area contributed by atoms with Gasteiger partial charge in [0.2, 0.25) is 0 Å². The van der Waals surface area contributed by atoms with Crippen molar-refractivity contribution in [2.24, 2.45) is 10.2 Å². The van der Waals surface area contributed by atoms with E-state index >= 15 is 8.78 Å². The number of nitrogens with zero attached hydrogens (tertiary/aromatic N) is 4. The highest BCUT2D eigenvalue weighted by atomic mass is 32.1. The summed E-state index contributed by atoms with van der Waals surface area (Å²) in [5.74, 6) is -3.19. The number of carbonyl (C=O) groups is 1. The number of ether oxygens (including phenoxy) is 1. The smallest absolute Gasteiger partial charge is 0.410 e. The summed E-state index contributed by atoms with van der Waals surface area (Å²) in [6.45, 7) is 9.89. The Bertz CT molecular complexity index is 1650. The van der Waals surface area contributed by atoms with Gasteiger partial charge in [-0.25, -0.2) is 18.0 Å². The minimum atomic E-state index is -1.24. The molecule has 1 amide bonds. The van der Waals surface area contributed by atoms with Crippen LogP contribution in [0, 0.1) is 17.5 Å². The average Bonchev–Trinajstić information content (AvgIpc) is 3.68. The fourth-order valence-electron chi connectivity index (χ4n) is 6.04. The molecule has 4 heterocycles. The molecule has 11 heteroatoms. The highest BCUT2D eigenvalue weighted by Gasteiger charge is 2.40. The number of anilines is 1. The monoisotopic (exact) mass is 621 g/mol. The summed E-state index contributed by atoms with van der Waals surface area (Å²) in [6, 6.07) is 13.4. The Hall–Kier alpha value is -4.12. The topological polar surface area (TPSA) is 69.5 Å². The molecule has 2 aromatic carbocycles. The number of halogens is 3. The summed E-state index contributed by atoms with van der Waals surface area (Å²) in [5, 5.41) is 14.1. The lowest BCUT2D eigenvalue weighted by atomic mass is 9.76. The van der Waals surface area contributed by atoms with Crippen LogP contribution in [0.3, 0.4) is 0 Å². The third kappa shape index (κ3) is 5.60. The maximum atomic E-state index is 15.2. The van der Waals surface area contributed by atoms with E-state index in [4.69, 9.17) is 4.74 Å². The van der Waals surface area contributed by atoms with Gasteiger partial charge in [0.25, 0.3) is 0 Å². The highest BCUT2D eigenvalue weighted by Crippen LogP contribution is 2.52. The van der Waals surface area contributed by atoms with Crippen LogP contribution in [0.1, 0.15) is 62.1 Å². The fraction of sp³-hybridized carbons (Fsp3) is 0.364. The Balaban J connectivity index is 1.34. The van der Waals surface area contributed by atoms with Gasteiger partial charge in [-0.15, -0.1) is 16.5 Å². The van der Waals surface area contributed by atoms with Crippen LogP contribution >= 0.6 is 11.3 Å². The van der Waals surface area contributed by atoms with E-state index in [0.717, 1.165) is 39.4 Å². The Morgan fingerprint density at radius 3 is 2.36 bits per heavy atom. The highest BCUT2D eigenvalue weighted by molar-refractivity contribution is 7.10. The zero-order valence-corrected chi connectivity index (χ0v) is 25.9. The molecule has 3 aromatic rings. The van der Waals surface area contributed by atoms with Crippen LogP contribution in [0.15, 0.2) is 81.1 Å². The van der Waals surface area contributed by atoms with Crippen molar-refractivity contribution in [3.63, 3.8) is 0 Å². The number of rotatable bonds is 5. The standard InChI is InChI=1S/C33H34F3N5O2S/c1-5-21-25(19-8-10-20(11-9-19)40-14-16-41(17-15-40)32(42)43-33(2,3)4)27-30(24-7-6-18-44-24)38-39-31(27)37-29(21)26-22(34)12-13-23(35)28(26)36/h6-13,18,25,30,37H,5,14-17H2,1-4H3. The zero-order chi connectivity index (χ0) is 31.2. The van der Waals surface area contributed by atoms with Crippen LogP contribution in [0.2, 0.25) is 0 Å². The number of dihydropyridines is 1. The number of allylic oxidation sites excluding steroid dienone is 1. The fourth-order valence-corrected chi connectivity index (χ4v) is 6.81. The maximum absolute atomic E-state index is 15.2. The van der Waals surface area contributed by atoms with Gasteiger partial charge in [0.1, 0.15) is 17.5 Å². The lowest BCUT2D eigenvalue weighted by Crippen LogP contribution is -2.50. The number of azo groups is 1. The van der Waals surface area contributed by atoms with Crippen LogP contribution in [-0.4, -0.2) is 42.8 Å². The average molecular weight is 622 g/mol. The molecule has 3 aliphatic heterocycles. The van der Waals surface area contributed by atoms with Crippen LogP contribution in [-0.2, 0) is 4.74 Å². The van der Waals surface area contributed by atoms with Gasteiger partial charge in [-0.1, -0.05) is 25.1 Å². The van der Waals surface area contributed by atoms with Gasteiger partial charge in [0.15, 0.2) is 17.5 Å². The number of amides is 1. The van der Waals surface area contributed by atoms with Gasteiger partial charge >= 0.3 is 6.09 Å². The predicted octanol–water partition coefficient (Wildman–Crippen LogP) is 8.15. The molecular formula is C33H34F3N5O2S. The van der Waals surface area contributed by atoms with Gasteiger partial charge in [-0.05, 0) is 74.0 Å². The molecule has 0 spiro atoms. The third-order valence-electron chi connectivity index (χ3n) is 8.08. The van der Waals surface area contributed by atoms with Gasteiger partial charge in [0.05, 0.1) is 11.3 Å². The lowest BCUT2D eigenvalue weighted by molar-refractivity contribution is 0.0240. The second-order valence-corrected chi connectivity index (χ2v) is 13.0. The van der Waals surface area contributed by atoms with E-state index < -0.39 is 34.5 Å². The number of piperazine rings is 1. The van der Waals surface area contributed by atoms with Gasteiger partial charge in [-0.3, -0.25) is 0 Å². The molecule has 230 valence electrons. The first-order chi connectivity index (χ1) is 21.1. The number of benzene rings is 2. The molecule has 0 saturated carbocycles. The van der Waals surface area contributed by atoms with Crippen molar-refractivity contribution in [1.29, 1.82) is 0 Å². The molecule has 0 radical (unpaired) electrons. The molecule has 1 N–H and O–H groups in total. The van der Waals surface area contributed by atoms with Gasteiger partial charge in [0, 0.05) is 48.2 Å². The van der Waals surface area contributed by atoms with Crippen LogP contribution in [0.25, 0.3) is 5.70 Å². The van der Waals surface area contributed by atoms with Gasteiger partial charge < -0.3 is 19.9 Å². The van der Waals surface area contributed by atoms with E-state index in [1.165, 1.54) is 0 Å². The first-order valence-electron chi connectivity index (χ1n) is 14.7. The molecule has 0 bridgehead atoms. The largest absolute Gasteiger partial charge is 0.444 e. The molecule has 7 nitrogen and oxygen atoms in total. The molecule has 2 unspecified atom stereocenters. The van der Waals surface area contributed by atoms with Crippen LogP contribution in [0.4, 0.5) is 23.7 Å². The molecule has 6 rings (SSSR count). The predicted molar refractivity (Wildman–Crippen MR) is 165 cm³/mol. The normalized spacial score (nSPS) is 20.2. The minimum Gasteiger partial charge on any atom is -0.444 e. The van der Waals surface area contributed by atoms with Crippen molar-refractivity contribution in [3.8, 4) is 0 Å². The van der Waals surface area contributed by atoms with Crippen molar-refractivity contribution < 1.29 is 22.7 Å². The second kappa shape index (κ2) is 11.8. The van der Waals surface area contributed by atoms with E-state index in [9.17, 15) is 9.18 Å². The van der Waals surface area contributed by atoms with Crippen molar-refractivity contribution in [1.82, 2.24) is 10.2 Å². The number of hydrogen-bond donors (Lipinski definition) is 1. The van der Waals surface area contributed by atoms with E-state index in [0.29, 0.717) is 38.4 Å². The molecule has 44 heavy (non-hydrogen) atoms. The SMILES string of the molecule is CCC1=C(c2c(F)ccc(F)c2F)NC2=C(C(c3cccs3)N=N2)C1c1ccc(N2CCN(C(=O)OC(C)(C)C)CC2)cc1. The second-order valence-electron chi connectivity index (χ2n) is 12.0. The Morgan fingerprint density at radius 2 is 1.73 bits per heavy atom. The van der Waals surface area contributed by atoms with E-state index in [-0.39, 0.29) is 17.8 Å². The lowest BCUT2D eigenvalue weighted by Gasteiger charge is -2.37. The Morgan fingerprint density at radius 1 is 1.02 bits per heavy atom. The summed E-state index contributed by atoms with van der Waals surface area (Å²) < 4.78 is 50.2. The van der Waals surface area contributed by atoms with E-state index in [1.807, 2.05) is 69.5 Å². The number of hydrogen-bond acceptors (Lipinski definition) is 7. The zero-order valence-electron chi connectivity index (χ0n) is 25.0. The van der Waals surface area contributed by atoms with Crippen molar-refractivity contribution in [2.75, 3.05) is 31.1 Å². The molecule has 1 aromatic heterocycles. The van der Waals surface area contributed by atoms with Crippen molar-refractivity contribution in [3.05, 3.63) is 104 Å². The summed E-state index contributed by atoms with van der Waals surface area (Å²) in [6.07, 6.45) is 0.140. The summed E-state index contributed by atoms with van der Waals surface area (Å²) >= 11 is 1.57. The van der Waals surface area contributed by atoms with Crippen molar-refractivity contribution in [2.45, 2.75) is 51.7 Å². The molecule has 1 saturated heterocycles. The summed E-state index contributed by atoms with van der Waals surface area (Å²) in [4.78, 5) is 17.5.